The predicted octanol–water partition coefficient (Wildman–Crippen LogP) is 2.77. The van der Waals surface area contributed by atoms with Crippen molar-refractivity contribution in [2.45, 2.75) is 44.7 Å². The number of hydrogen-bond donors (Lipinski definition) is 0. The van der Waals surface area contributed by atoms with Crippen LogP contribution in [0.4, 0.5) is 0 Å². The van der Waals surface area contributed by atoms with Gasteiger partial charge < -0.3 is 9.47 Å². The zero-order valence-corrected chi connectivity index (χ0v) is 13.6. The Hall–Kier alpha value is -1.00. The third-order valence-corrected chi connectivity index (χ3v) is 5.22. The van der Waals surface area contributed by atoms with Crippen LogP contribution in [0.2, 0.25) is 5.02 Å². The predicted molar refractivity (Wildman–Crippen MR) is 84.8 cm³/mol. The molecular weight excluding hydrogens is 286 g/mol. The van der Waals surface area contributed by atoms with Crippen LogP contribution in [0.15, 0.2) is 12.3 Å². The molecule has 0 radical (unpaired) electrons. The van der Waals surface area contributed by atoms with Crippen LogP contribution in [0.3, 0.4) is 0 Å². The molecule has 2 unspecified atom stereocenters. The number of amides is 1. The van der Waals surface area contributed by atoms with Crippen molar-refractivity contribution >= 4 is 17.5 Å². The number of nitrogens with zero attached hydrogens (tertiary/aromatic N) is 3. The standard InChI is InChI=1S/C16H24ClN3O/c1-3-19-8-4-6-13(19)14-7-5-9-20(14)16(21)15-10-12(17)11-18(15)2/h10-11,13-14H,3-9H2,1-2H3. The van der Waals surface area contributed by atoms with Gasteiger partial charge >= 0.3 is 0 Å². The zero-order valence-electron chi connectivity index (χ0n) is 12.9. The van der Waals surface area contributed by atoms with Crippen LogP contribution in [0.1, 0.15) is 43.1 Å². The Morgan fingerprint density at radius 1 is 1.29 bits per heavy atom. The highest BCUT2D eigenvalue weighted by molar-refractivity contribution is 6.31. The minimum Gasteiger partial charge on any atom is -0.345 e. The average molecular weight is 310 g/mol. The number of carbonyl (C=O) groups is 1. The van der Waals surface area contributed by atoms with Gasteiger partial charge in [0.25, 0.3) is 5.91 Å². The van der Waals surface area contributed by atoms with E-state index in [1.165, 1.54) is 19.4 Å². The second-order valence-electron chi connectivity index (χ2n) is 6.20. The smallest absolute Gasteiger partial charge is 0.270 e. The minimum atomic E-state index is 0.134. The van der Waals surface area contributed by atoms with E-state index in [1.54, 1.807) is 12.3 Å². The normalized spacial score (nSPS) is 26.7. The molecule has 1 aromatic rings. The molecule has 116 valence electrons. The van der Waals surface area contributed by atoms with E-state index in [1.807, 2.05) is 11.6 Å². The van der Waals surface area contributed by atoms with E-state index >= 15 is 0 Å². The average Bonchev–Trinajstić information content (AvgIpc) is 3.15. The van der Waals surface area contributed by atoms with Gasteiger partial charge in [-0.3, -0.25) is 9.69 Å². The van der Waals surface area contributed by atoms with Crippen LogP contribution >= 0.6 is 11.6 Å². The molecule has 0 spiro atoms. The fraction of sp³-hybridized carbons (Fsp3) is 0.688. The highest BCUT2D eigenvalue weighted by Crippen LogP contribution is 2.31. The second-order valence-corrected chi connectivity index (χ2v) is 6.64. The lowest BCUT2D eigenvalue weighted by Crippen LogP contribution is -2.48. The lowest BCUT2D eigenvalue weighted by Gasteiger charge is -2.34. The molecule has 3 rings (SSSR count). The fourth-order valence-corrected chi connectivity index (χ4v) is 4.26. The molecule has 2 saturated heterocycles. The first-order valence-electron chi connectivity index (χ1n) is 7.98. The molecule has 0 aromatic carbocycles. The van der Waals surface area contributed by atoms with Gasteiger partial charge in [-0.05, 0) is 44.8 Å². The third-order valence-electron chi connectivity index (χ3n) is 5.02. The number of likely N-dealkylation sites (tertiary alicyclic amines) is 2. The molecule has 1 aromatic heterocycles. The molecule has 0 aliphatic carbocycles. The van der Waals surface area contributed by atoms with Gasteiger partial charge in [0.15, 0.2) is 0 Å². The van der Waals surface area contributed by atoms with Crippen LogP contribution in [0, 0.1) is 0 Å². The van der Waals surface area contributed by atoms with E-state index in [-0.39, 0.29) is 5.91 Å². The summed E-state index contributed by atoms with van der Waals surface area (Å²) >= 11 is 6.03. The maximum atomic E-state index is 12.9. The molecule has 1 amide bonds. The van der Waals surface area contributed by atoms with Gasteiger partial charge in [-0.1, -0.05) is 18.5 Å². The van der Waals surface area contributed by atoms with Crippen molar-refractivity contribution in [2.75, 3.05) is 19.6 Å². The molecule has 2 atom stereocenters. The number of hydrogen-bond acceptors (Lipinski definition) is 2. The summed E-state index contributed by atoms with van der Waals surface area (Å²) in [4.78, 5) is 17.5. The van der Waals surface area contributed by atoms with E-state index in [0.717, 1.165) is 25.9 Å². The van der Waals surface area contributed by atoms with E-state index in [9.17, 15) is 4.79 Å². The Labute approximate surface area is 131 Å². The molecule has 0 N–H and O–H groups in total. The number of halogens is 1. The van der Waals surface area contributed by atoms with Crippen molar-refractivity contribution in [1.29, 1.82) is 0 Å². The third kappa shape index (κ3) is 2.71. The SMILES string of the molecule is CCN1CCCC1C1CCCN1C(=O)c1cc(Cl)cn1C. The Morgan fingerprint density at radius 3 is 2.67 bits per heavy atom. The van der Waals surface area contributed by atoms with E-state index < -0.39 is 0 Å². The van der Waals surface area contributed by atoms with Gasteiger partial charge in [0.1, 0.15) is 5.69 Å². The molecule has 21 heavy (non-hydrogen) atoms. The molecular formula is C16H24ClN3O. The van der Waals surface area contributed by atoms with Crippen molar-refractivity contribution in [3.63, 3.8) is 0 Å². The molecule has 0 bridgehead atoms. The molecule has 4 nitrogen and oxygen atoms in total. The van der Waals surface area contributed by atoms with Gasteiger partial charge in [0.05, 0.1) is 5.02 Å². The van der Waals surface area contributed by atoms with Crippen molar-refractivity contribution in [3.8, 4) is 0 Å². The van der Waals surface area contributed by atoms with Crippen molar-refractivity contribution in [1.82, 2.24) is 14.4 Å². The Bertz CT molecular complexity index is 528. The Balaban J connectivity index is 1.80. The monoisotopic (exact) mass is 309 g/mol. The number of rotatable bonds is 3. The quantitative estimate of drug-likeness (QED) is 0.859. The molecule has 5 heteroatoms. The molecule has 2 aliphatic rings. The first kappa shape index (κ1) is 14.9. The van der Waals surface area contributed by atoms with Gasteiger partial charge in [0.2, 0.25) is 0 Å². The van der Waals surface area contributed by atoms with Crippen LogP contribution in [0.25, 0.3) is 0 Å². The summed E-state index contributed by atoms with van der Waals surface area (Å²) in [5.41, 5.74) is 0.702. The zero-order chi connectivity index (χ0) is 15.0. The second kappa shape index (κ2) is 6.01. The number of likely N-dealkylation sites (N-methyl/N-ethyl adjacent to an activating group) is 1. The number of carbonyl (C=O) groups excluding carboxylic acids is 1. The first-order chi connectivity index (χ1) is 10.1. The van der Waals surface area contributed by atoms with Crippen LogP contribution in [0.5, 0.6) is 0 Å². The highest BCUT2D eigenvalue weighted by atomic mass is 35.5. The molecule has 3 heterocycles. The maximum absolute atomic E-state index is 12.9. The molecule has 0 saturated carbocycles. The van der Waals surface area contributed by atoms with Gasteiger partial charge in [0, 0.05) is 31.9 Å². The summed E-state index contributed by atoms with van der Waals surface area (Å²) < 4.78 is 1.84. The van der Waals surface area contributed by atoms with Gasteiger partial charge in [-0.25, -0.2) is 0 Å². The summed E-state index contributed by atoms with van der Waals surface area (Å²) in [6.07, 6.45) is 6.52. The van der Waals surface area contributed by atoms with Crippen LogP contribution in [-0.2, 0) is 7.05 Å². The summed E-state index contributed by atoms with van der Waals surface area (Å²) in [7, 11) is 1.89. The fourth-order valence-electron chi connectivity index (χ4n) is 4.01. The van der Waals surface area contributed by atoms with Crippen molar-refractivity contribution < 1.29 is 4.79 Å². The summed E-state index contributed by atoms with van der Waals surface area (Å²) in [5.74, 6) is 0.134. The van der Waals surface area contributed by atoms with Crippen LogP contribution in [-0.4, -0.2) is 52.0 Å². The highest BCUT2D eigenvalue weighted by Gasteiger charge is 2.39. The van der Waals surface area contributed by atoms with E-state index in [2.05, 4.69) is 16.7 Å². The van der Waals surface area contributed by atoms with Crippen molar-refractivity contribution in [3.05, 3.63) is 23.0 Å². The number of aryl methyl sites for hydroxylation is 1. The van der Waals surface area contributed by atoms with Gasteiger partial charge in [-0.15, -0.1) is 0 Å². The van der Waals surface area contributed by atoms with Crippen LogP contribution < -0.4 is 0 Å². The topological polar surface area (TPSA) is 28.5 Å². The maximum Gasteiger partial charge on any atom is 0.270 e. The lowest BCUT2D eigenvalue weighted by atomic mass is 10.0. The van der Waals surface area contributed by atoms with E-state index in [4.69, 9.17) is 11.6 Å². The number of aromatic nitrogens is 1. The van der Waals surface area contributed by atoms with E-state index in [0.29, 0.717) is 22.8 Å². The summed E-state index contributed by atoms with van der Waals surface area (Å²) in [5, 5.41) is 0.632. The Morgan fingerprint density at radius 2 is 2.00 bits per heavy atom. The van der Waals surface area contributed by atoms with Gasteiger partial charge in [-0.2, -0.15) is 0 Å². The molecule has 2 aliphatic heterocycles. The lowest BCUT2D eigenvalue weighted by molar-refractivity contribution is 0.0640. The minimum absolute atomic E-state index is 0.134. The van der Waals surface area contributed by atoms with Crippen molar-refractivity contribution in [2.24, 2.45) is 7.05 Å². The summed E-state index contributed by atoms with van der Waals surface area (Å²) in [6.45, 7) is 5.35. The summed E-state index contributed by atoms with van der Waals surface area (Å²) in [6, 6.07) is 2.69. The largest absolute Gasteiger partial charge is 0.345 e. The Kier molecular flexibility index (Phi) is 4.27. The molecule has 2 fully saturated rings. The first-order valence-corrected chi connectivity index (χ1v) is 8.36.